The maximum absolute atomic E-state index is 12.6. The van der Waals surface area contributed by atoms with Crippen LogP contribution in [0.5, 0.6) is 0 Å². The van der Waals surface area contributed by atoms with Gasteiger partial charge in [0.05, 0.1) is 0 Å². The van der Waals surface area contributed by atoms with Crippen LogP contribution in [-0.4, -0.2) is 22.6 Å². The summed E-state index contributed by atoms with van der Waals surface area (Å²) in [4.78, 5) is 38.5. The summed E-state index contributed by atoms with van der Waals surface area (Å²) in [6.45, 7) is 8.23. The minimum atomic E-state index is -0.328. The van der Waals surface area contributed by atoms with Gasteiger partial charge < -0.3 is 15.6 Å². The number of aromatic nitrogens is 1. The highest BCUT2D eigenvalue weighted by Crippen LogP contribution is 2.25. The number of H-pyrrole nitrogens is 1. The third-order valence-corrected chi connectivity index (χ3v) is 3.91. The van der Waals surface area contributed by atoms with E-state index in [0.29, 0.717) is 33.9 Å². The summed E-state index contributed by atoms with van der Waals surface area (Å²) in [5.74, 6) is -0.584. The van der Waals surface area contributed by atoms with Gasteiger partial charge in [0.1, 0.15) is 5.69 Å². The first kappa shape index (κ1) is 17.5. The van der Waals surface area contributed by atoms with E-state index in [1.165, 1.54) is 13.8 Å². The second-order valence-corrected chi connectivity index (χ2v) is 5.79. The Morgan fingerprint density at radius 3 is 2.00 bits per heavy atom. The van der Waals surface area contributed by atoms with Crippen molar-refractivity contribution in [2.24, 2.45) is 0 Å². The van der Waals surface area contributed by atoms with Crippen LogP contribution in [0.15, 0.2) is 18.2 Å². The Bertz CT molecular complexity index is 834. The van der Waals surface area contributed by atoms with Crippen molar-refractivity contribution in [1.82, 2.24) is 4.98 Å². The van der Waals surface area contributed by atoms with Crippen LogP contribution in [0.25, 0.3) is 0 Å². The van der Waals surface area contributed by atoms with Crippen molar-refractivity contribution in [1.29, 1.82) is 0 Å². The van der Waals surface area contributed by atoms with Crippen LogP contribution in [0.2, 0.25) is 0 Å². The molecule has 2 amide bonds. The van der Waals surface area contributed by atoms with Crippen LogP contribution in [0.4, 0.5) is 11.4 Å². The summed E-state index contributed by atoms with van der Waals surface area (Å²) in [5.41, 5.74) is 4.22. The Balaban J connectivity index is 2.33. The molecule has 126 valence electrons. The first-order valence-electron chi connectivity index (χ1n) is 7.61. The van der Waals surface area contributed by atoms with Gasteiger partial charge in [-0.05, 0) is 51.0 Å². The van der Waals surface area contributed by atoms with Crippen LogP contribution in [0.1, 0.15) is 51.5 Å². The van der Waals surface area contributed by atoms with Crippen LogP contribution >= 0.6 is 0 Å². The summed E-state index contributed by atoms with van der Waals surface area (Å²) in [6.07, 6.45) is 0. The summed E-state index contributed by atoms with van der Waals surface area (Å²) in [7, 11) is 0. The number of ketones is 1. The van der Waals surface area contributed by atoms with Crippen molar-refractivity contribution in [2.45, 2.75) is 34.6 Å². The molecule has 1 heterocycles. The number of carbonyl (C=O) groups is 3. The minimum Gasteiger partial charge on any atom is -0.354 e. The fourth-order valence-electron chi connectivity index (χ4n) is 2.79. The second-order valence-electron chi connectivity index (χ2n) is 5.79. The molecular weight excluding hydrogens is 306 g/mol. The monoisotopic (exact) mass is 327 g/mol. The molecule has 0 spiro atoms. The molecule has 2 aromatic rings. The van der Waals surface area contributed by atoms with Gasteiger partial charge in [-0.3, -0.25) is 14.4 Å². The Labute approximate surface area is 140 Å². The Morgan fingerprint density at radius 2 is 1.50 bits per heavy atom. The van der Waals surface area contributed by atoms with Gasteiger partial charge in [0.2, 0.25) is 5.91 Å². The first-order chi connectivity index (χ1) is 11.2. The fourth-order valence-corrected chi connectivity index (χ4v) is 2.79. The second kappa shape index (κ2) is 6.70. The van der Waals surface area contributed by atoms with Crippen molar-refractivity contribution >= 4 is 29.0 Å². The van der Waals surface area contributed by atoms with Crippen molar-refractivity contribution < 1.29 is 14.4 Å². The molecule has 0 aliphatic rings. The Morgan fingerprint density at radius 1 is 0.917 bits per heavy atom. The zero-order valence-corrected chi connectivity index (χ0v) is 14.5. The van der Waals surface area contributed by atoms with Crippen LogP contribution in [0.3, 0.4) is 0 Å². The number of carbonyl (C=O) groups excluding carboxylic acids is 3. The predicted molar refractivity (Wildman–Crippen MR) is 93.7 cm³/mol. The first-order valence-corrected chi connectivity index (χ1v) is 7.61. The van der Waals surface area contributed by atoms with Gasteiger partial charge >= 0.3 is 0 Å². The van der Waals surface area contributed by atoms with E-state index in [-0.39, 0.29) is 17.6 Å². The molecule has 1 aromatic heterocycles. The van der Waals surface area contributed by atoms with E-state index in [0.717, 1.165) is 5.56 Å². The van der Waals surface area contributed by atoms with Gasteiger partial charge in [0.25, 0.3) is 5.91 Å². The van der Waals surface area contributed by atoms with Gasteiger partial charge in [0.15, 0.2) is 5.78 Å². The number of nitrogens with one attached hydrogen (secondary N) is 3. The SMILES string of the molecule is CC(=O)Nc1cccc(NC(=O)c2[nH]c(C)c(C(C)=O)c2C)c1C. The molecule has 0 fully saturated rings. The quantitative estimate of drug-likeness (QED) is 0.752. The van der Waals surface area contributed by atoms with Crippen LogP contribution < -0.4 is 10.6 Å². The number of hydrogen-bond donors (Lipinski definition) is 3. The normalized spacial score (nSPS) is 10.4. The number of aryl methyl sites for hydroxylation is 1. The lowest BCUT2D eigenvalue weighted by Gasteiger charge is -2.12. The van der Waals surface area contributed by atoms with Gasteiger partial charge in [-0.1, -0.05) is 6.07 Å². The molecule has 0 saturated carbocycles. The molecule has 3 N–H and O–H groups in total. The van der Waals surface area contributed by atoms with Crippen molar-refractivity contribution in [2.75, 3.05) is 10.6 Å². The van der Waals surface area contributed by atoms with Crippen LogP contribution in [0, 0.1) is 20.8 Å². The Hall–Kier alpha value is -2.89. The summed E-state index contributed by atoms with van der Waals surface area (Å²) in [5, 5.41) is 5.55. The highest BCUT2D eigenvalue weighted by molar-refractivity contribution is 6.08. The average molecular weight is 327 g/mol. The van der Waals surface area contributed by atoms with Gasteiger partial charge in [-0.15, -0.1) is 0 Å². The predicted octanol–water partition coefficient (Wildman–Crippen LogP) is 3.35. The van der Waals surface area contributed by atoms with Crippen molar-refractivity contribution in [3.8, 4) is 0 Å². The molecule has 2 rings (SSSR count). The zero-order valence-electron chi connectivity index (χ0n) is 14.5. The molecular formula is C18H21N3O3. The number of rotatable bonds is 4. The van der Waals surface area contributed by atoms with E-state index >= 15 is 0 Å². The highest BCUT2D eigenvalue weighted by atomic mass is 16.2. The number of hydrogen-bond acceptors (Lipinski definition) is 3. The molecule has 0 unspecified atom stereocenters. The van der Waals surface area contributed by atoms with E-state index in [2.05, 4.69) is 15.6 Å². The number of benzene rings is 1. The molecule has 24 heavy (non-hydrogen) atoms. The molecule has 0 atom stereocenters. The van der Waals surface area contributed by atoms with Crippen LogP contribution in [-0.2, 0) is 4.79 Å². The van der Waals surface area contributed by atoms with Gasteiger partial charge in [-0.25, -0.2) is 0 Å². The maximum atomic E-state index is 12.6. The average Bonchev–Trinajstić information content (AvgIpc) is 2.77. The molecule has 0 bridgehead atoms. The lowest BCUT2D eigenvalue weighted by atomic mass is 10.1. The van der Waals surface area contributed by atoms with Gasteiger partial charge in [-0.2, -0.15) is 0 Å². The number of aromatic amines is 1. The zero-order chi connectivity index (χ0) is 18.0. The lowest BCUT2D eigenvalue weighted by molar-refractivity contribution is -0.114. The van der Waals surface area contributed by atoms with E-state index < -0.39 is 0 Å². The third-order valence-electron chi connectivity index (χ3n) is 3.91. The van der Waals surface area contributed by atoms with Gasteiger partial charge in [0, 0.05) is 29.6 Å². The summed E-state index contributed by atoms with van der Waals surface area (Å²) < 4.78 is 0. The largest absolute Gasteiger partial charge is 0.354 e. The van der Waals surface area contributed by atoms with E-state index in [1.807, 2.05) is 6.92 Å². The molecule has 6 heteroatoms. The summed E-state index contributed by atoms with van der Waals surface area (Å²) in [6, 6.07) is 5.28. The maximum Gasteiger partial charge on any atom is 0.272 e. The minimum absolute atomic E-state index is 0.0795. The fraction of sp³-hybridized carbons (Fsp3) is 0.278. The number of amides is 2. The standard InChI is InChI=1S/C18H21N3O3/c1-9-14(20-13(5)23)7-6-8-15(9)21-18(24)17-10(2)16(12(4)22)11(3)19-17/h6-8,19H,1-5H3,(H,20,23)(H,21,24). The highest BCUT2D eigenvalue weighted by Gasteiger charge is 2.20. The molecule has 0 aliphatic heterocycles. The summed E-state index contributed by atoms with van der Waals surface area (Å²) >= 11 is 0. The third kappa shape index (κ3) is 3.37. The van der Waals surface area contributed by atoms with E-state index in [1.54, 1.807) is 32.0 Å². The Kier molecular flexibility index (Phi) is 4.87. The molecule has 6 nitrogen and oxygen atoms in total. The lowest BCUT2D eigenvalue weighted by Crippen LogP contribution is -2.15. The molecule has 1 aromatic carbocycles. The molecule has 0 aliphatic carbocycles. The van der Waals surface area contributed by atoms with E-state index in [9.17, 15) is 14.4 Å². The molecule has 0 saturated heterocycles. The number of Topliss-reactive ketones (excluding diaryl/α,β-unsaturated/α-hetero) is 1. The number of anilines is 2. The van der Waals surface area contributed by atoms with Crippen molar-refractivity contribution in [3.63, 3.8) is 0 Å². The topological polar surface area (TPSA) is 91.1 Å². The van der Waals surface area contributed by atoms with Crippen molar-refractivity contribution in [3.05, 3.63) is 46.3 Å². The smallest absolute Gasteiger partial charge is 0.272 e. The molecule has 0 radical (unpaired) electrons. The van der Waals surface area contributed by atoms with E-state index in [4.69, 9.17) is 0 Å².